The summed E-state index contributed by atoms with van der Waals surface area (Å²) in [6.45, 7) is 3.29. The predicted octanol–water partition coefficient (Wildman–Crippen LogP) is 3.38. The van der Waals surface area contributed by atoms with E-state index >= 15 is 0 Å². The van der Waals surface area contributed by atoms with E-state index in [1.165, 1.54) is 18.4 Å². The predicted molar refractivity (Wildman–Crippen MR) is 105 cm³/mol. The smallest absolute Gasteiger partial charge is 0.253 e. The van der Waals surface area contributed by atoms with Crippen molar-refractivity contribution < 1.29 is 9.53 Å². The molecule has 26 heavy (non-hydrogen) atoms. The first kappa shape index (κ1) is 18.5. The van der Waals surface area contributed by atoms with E-state index < -0.39 is 0 Å². The molecule has 1 heterocycles. The molecule has 0 aliphatic carbocycles. The maximum absolute atomic E-state index is 12.5. The highest BCUT2D eigenvalue weighted by atomic mass is 16.5. The van der Waals surface area contributed by atoms with Crippen LogP contribution in [0.2, 0.25) is 0 Å². The van der Waals surface area contributed by atoms with Crippen LogP contribution in [0.5, 0.6) is 5.75 Å². The van der Waals surface area contributed by atoms with Gasteiger partial charge in [0.2, 0.25) is 0 Å². The minimum atomic E-state index is 0.0348. The summed E-state index contributed by atoms with van der Waals surface area (Å²) < 4.78 is 5.67. The van der Waals surface area contributed by atoms with Crippen LogP contribution in [0, 0.1) is 5.92 Å². The number of hydrogen-bond acceptors (Lipinski definition) is 3. The van der Waals surface area contributed by atoms with Gasteiger partial charge in [-0.15, -0.1) is 0 Å². The van der Waals surface area contributed by atoms with Crippen LogP contribution in [-0.2, 0) is 6.42 Å². The van der Waals surface area contributed by atoms with Crippen LogP contribution in [0.4, 0.5) is 0 Å². The SMILES string of the molecule is CN(CCOc1ccccc1)C(=O)c1ccc(C[C@H]2CCCNC2)cc1. The zero-order valence-corrected chi connectivity index (χ0v) is 15.5. The molecule has 138 valence electrons. The number of benzene rings is 2. The number of hydrogen-bond donors (Lipinski definition) is 1. The number of nitrogens with one attached hydrogen (secondary N) is 1. The quantitative estimate of drug-likeness (QED) is 0.831. The third-order valence-corrected chi connectivity index (χ3v) is 4.91. The summed E-state index contributed by atoms with van der Waals surface area (Å²) in [5.41, 5.74) is 2.04. The second kappa shape index (κ2) is 9.39. The number of piperidine rings is 1. The molecule has 0 radical (unpaired) electrons. The van der Waals surface area contributed by atoms with E-state index in [-0.39, 0.29) is 5.91 Å². The van der Waals surface area contributed by atoms with Crippen LogP contribution >= 0.6 is 0 Å². The Labute approximate surface area is 156 Å². The standard InChI is InChI=1S/C22H28N2O2/c1-24(14-15-26-21-7-3-2-4-8-21)22(25)20-11-9-18(10-12-20)16-19-6-5-13-23-17-19/h2-4,7-12,19,23H,5-6,13-17H2,1H3/t19-/m1/s1. The molecule has 2 aromatic carbocycles. The van der Waals surface area contributed by atoms with Crippen LogP contribution in [0.25, 0.3) is 0 Å². The number of carbonyl (C=O) groups is 1. The first-order valence-electron chi connectivity index (χ1n) is 9.45. The van der Waals surface area contributed by atoms with Gasteiger partial charge in [-0.3, -0.25) is 4.79 Å². The number of rotatable bonds is 7. The number of ether oxygens (including phenoxy) is 1. The molecule has 1 atom stereocenters. The number of nitrogens with zero attached hydrogens (tertiary/aromatic N) is 1. The summed E-state index contributed by atoms with van der Waals surface area (Å²) in [4.78, 5) is 14.3. The molecule has 1 aliphatic rings. The van der Waals surface area contributed by atoms with Gasteiger partial charge in [0.25, 0.3) is 5.91 Å². The average Bonchev–Trinajstić information content (AvgIpc) is 2.69. The highest BCUT2D eigenvalue weighted by molar-refractivity contribution is 5.94. The lowest BCUT2D eigenvalue weighted by molar-refractivity contribution is 0.0774. The zero-order chi connectivity index (χ0) is 18.2. The zero-order valence-electron chi connectivity index (χ0n) is 15.5. The molecule has 0 spiro atoms. The fourth-order valence-electron chi connectivity index (χ4n) is 3.35. The van der Waals surface area contributed by atoms with Gasteiger partial charge in [0.05, 0.1) is 6.54 Å². The molecular formula is C22H28N2O2. The Morgan fingerprint density at radius 2 is 1.92 bits per heavy atom. The van der Waals surface area contributed by atoms with E-state index in [0.717, 1.165) is 30.8 Å². The van der Waals surface area contributed by atoms with Gasteiger partial charge in [0.15, 0.2) is 0 Å². The van der Waals surface area contributed by atoms with E-state index in [1.807, 2.05) is 49.5 Å². The first-order chi connectivity index (χ1) is 12.7. The van der Waals surface area contributed by atoms with E-state index in [2.05, 4.69) is 17.4 Å². The van der Waals surface area contributed by atoms with Gasteiger partial charge in [-0.1, -0.05) is 30.3 Å². The van der Waals surface area contributed by atoms with E-state index in [4.69, 9.17) is 4.74 Å². The van der Waals surface area contributed by atoms with Gasteiger partial charge in [0.1, 0.15) is 12.4 Å². The molecule has 1 aliphatic heterocycles. The van der Waals surface area contributed by atoms with Crippen molar-refractivity contribution in [3.63, 3.8) is 0 Å². The van der Waals surface area contributed by atoms with Crippen molar-refractivity contribution in [2.75, 3.05) is 33.3 Å². The second-order valence-corrected chi connectivity index (χ2v) is 7.00. The Morgan fingerprint density at radius 3 is 2.62 bits per heavy atom. The van der Waals surface area contributed by atoms with Gasteiger partial charge < -0.3 is 15.0 Å². The van der Waals surface area contributed by atoms with Gasteiger partial charge in [-0.25, -0.2) is 0 Å². The lowest BCUT2D eigenvalue weighted by Gasteiger charge is -2.23. The summed E-state index contributed by atoms with van der Waals surface area (Å²) in [6.07, 6.45) is 3.64. The van der Waals surface area contributed by atoms with Crippen LogP contribution in [0.3, 0.4) is 0 Å². The summed E-state index contributed by atoms with van der Waals surface area (Å²) in [5.74, 6) is 1.57. The second-order valence-electron chi connectivity index (χ2n) is 7.00. The Kier molecular flexibility index (Phi) is 6.67. The van der Waals surface area contributed by atoms with Crippen molar-refractivity contribution in [1.29, 1.82) is 0 Å². The molecule has 0 saturated carbocycles. The number of likely N-dealkylation sites (N-methyl/N-ethyl adjacent to an activating group) is 1. The lowest BCUT2D eigenvalue weighted by atomic mass is 9.92. The maximum atomic E-state index is 12.5. The molecular weight excluding hydrogens is 324 g/mol. The minimum Gasteiger partial charge on any atom is -0.492 e. The molecule has 2 aromatic rings. The molecule has 0 aromatic heterocycles. The van der Waals surface area contributed by atoms with E-state index in [1.54, 1.807) is 4.90 Å². The summed E-state index contributed by atoms with van der Waals surface area (Å²) in [7, 11) is 1.82. The maximum Gasteiger partial charge on any atom is 0.253 e. The van der Waals surface area contributed by atoms with Crippen molar-refractivity contribution in [2.45, 2.75) is 19.3 Å². The van der Waals surface area contributed by atoms with Crippen molar-refractivity contribution in [3.8, 4) is 5.75 Å². The summed E-state index contributed by atoms with van der Waals surface area (Å²) in [5, 5.41) is 3.46. The Bertz CT molecular complexity index is 679. The largest absolute Gasteiger partial charge is 0.492 e. The van der Waals surface area contributed by atoms with E-state index in [9.17, 15) is 4.79 Å². The molecule has 1 amide bonds. The van der Waals surface area contributed by atoms with Gasteiger partial charge in [-0.2, -0.15) is 0 Å². The third kappa shape index (κ3) is 5.33. The average molecular weight is 352 g/mol. The molecule has 1 N–H and O–H groups in total. The van der Waals surface area contributed by atoms with Crippen LogP contribution < -0.4 is 10.1 Å². The van der Waals surface area contributed by atoms with Gasteiger partial charge >= 0.3 is 0 Å². The molecule has 4 nitrogen and oxygen atoms in total. The summed E-state index contributed by atoms with van der Waals surface area (Å²) in [6, 6.07) is 17.8. The Hall–Kier alpha value is -2.33. The van der Waals surface area contributed by atoms with Gasteiger partial charge in [-0.05, 0) is 68.1 Å². The third-order valence-electron chi connectivity index (χ3n) is 4.91. The van der Waals surface area contributed by atoms with Crippen LogP contribution in [-0.4, -0.2) is 44.1 Å². The highest BCUT2D eigenvalue weighted by Crippen LogP contribution is 2.17. The number of carbonyl (C=O) groups excluding carboxylic acids is 1. The van der Waals surface area contributed by atoms with Crippen molar-refractivity contribution >= 4 is 5.91 Å². The molecule has 0 unspecified atom stereocenters. The Balaban J connectivity index is 1.47. The van der Waals surface area contributed by atoms with Crippen molar-refractivity contribution in [2.24, 2.45) is 5.92 Å². The highest BCUT2D eigenvalue weighted by Gasteiger charge is 2.15. The van der Waals surface area contributed by atoms with Gasteiger partial charge in [0, 0.05) is 12.6 Å². The van der Waals surface area contributed by atoms with Crippen molar-refractivity contribution in [3.05, 3.63) is 65.7 Å². The normalized spacial score (nSPS) is 16.9. The topological polar surface area (TPSA) is 41.6 Å². The fraction of sp³-hybridized carbons (Fsp3) is 0.409. The molecule has 4 heteroatoms. The van der Waals surface area contributed by atoms with Crippen LogP contribution in [0.15, 0.2) is 54.6 Å². The number of amides is 1. The first-order valence-corrected chi connectivity index (χ1v) is 9.45. The molecule has 1 fully saturated rings. The monoisotopic (exact) mass is 352 g/mol. The molecule has 0 bridgehead atoms. The van der Waals surface area contributed by atoms with E-state index in [0.29, 0.717) is 19.1 Å². The van der Waals surface area contributed by atoms with Crippen LogP contribution in [0.1, 0.15) is 28.8 Å². The number of para-hydroxylation sites is 1. The molecule has 1 saturated heterocycles. The Morgan fingerprint density at radius 1 is 1.15 bits per heavy atom. The minimum absolute atomic E-state index is 0.0348. The summed E-state index contributed by atoms with van der Waals surface area (Å²) >= 11 is 0. The fourth-order valence-corrected chi connectivity index (χ4v) is 3.35. The molecule has 3 rings (SSSR count). The van der Waals surface area contributed by atoms with Crippen molar-refractivity contribution in [1.82, 2.24) is 10.2 Å². The lowest BCUT2D eigenvalue weighted by Crippen LogP contribution is -2.31.